The Morgan fingerprint density at radius 3 is 1.93 bits per heavy atom. The summed E-state index contributed by atoms with van der Waals surface area (Å²) >= 11 is 0. The summed E-state index contributed by atoms with van der Waals surface area (Å²) in [5, 5.41) is 0. The summed E-state index contributed by atoms with van der Waals surface area (Å²) in [6, 6.07) is 25.6. The van der Waals surface area contributed by atoms with Crippen LogP contribution in [-0.4, -0.2) is 27.3 Å². The van der Waals surface area contributed by atoms with Crippen LogP contribution >= 0.6 is 0 Å². The summed E-state index contributed by atoms with van der Waals surface area (Å²) in [6.07, 6.45) is 0.645. The maximum Gasteiger partial charge on any atom is 0.214 e. The van der Waals surface area contributed by atoms with Crippen LogP contribution in [0.1, 0.15) is 23.5 Å². The number of hydrogen-bond acceptors (Lipinski definition) is 3. The van der Waals surface area contributed by atoms with E-state index in [9.17, 15) is 12.8 Å². The lowest BCUT2D eigenvalue weighted by Crippen LogP contribution is -2.30. The molecule has 0 saturated heterocycles. The molecule has 0 aromatic heterocycles. The van der Waals surface area contributed by atoms with E-state index in [0.29, 0.717) is 18.7 Å². The minimum atomic E-state index is -3.47. The molecule has 0 bridgehead atoms. The van der Waals surface area contributed by atoms with Crippen LogP contribution in [0.15, 0.2) is 84.9 Å². The number of nitrogens with one attached hydrogen (secondary N) is 1. The lowest BCUT2D eigenvalue weighted by atomic mass is 9.89. The summed E-state index contributed by atoms with van der Waals surface area (Å²) in [5.74, 6) is 0.0227. The van der Waals surface area contributed by atoms with Crippen molar-refractivity contribution in [2.45, 2.75) is 12.3 Å². The van der Waals surface area contributed by atoms with Crippen molar-refractivity contribution in [1.29, 1.82) is 0 Å². The molecule has 1 N–H and O–H groups in total. The van der Waals surface area contributed by atoms with Crippen LogP contribution in [0.3, 0.4) is 0 Å². The number of benzene rings is 3. The number of halogens is 1. The van der Waals surface area contributed by atoms with Gasteiger partial charge in [-0.1, -0.05) is 60.7 Å². The molecule has 6 heteroatoms. The van der Waals surface area contributed by atoms with Crippen molar-refractivity contribution in [3.05, 3.63) is 102 Å². The van der Waals surface area contributed by atoms with E-state index in [2.05, 4.69) is 29.0 Å². The number of rotatable bonds is 10. The third kappa shape index (κ3) is 6.69. The van der Waals surface area contributed by atoms with Crippen LogP contribution in [0, 0.1) is 5.82 Å². The number of sulfonamides is 1. The van der Waals surface area contributed by atoms with Crippen LogP contribution in [0.2, 0.25) is 0 Å². The van der Waals surface area contributed by atoms with Gasteiger partial charge in [-0.25, -0.2) is 17.5 Å². The monoisotopic (exact) mass is 413 g/mol. The first-order valence-electron chi connectivity index (χ1n) is 9.49. The van der Waals surface area contributed by atoms with Crippen LogP contribution in [0.5, 0.6) is 5.75 Å². The Bertz CT molecular complexity index is 938. The predicted molar refractivity (Wildman–Crippen MR) is 113 cm³/mol. The zero-order chi connectivity index (χ0) is 20.5. The maximum absolute atomic E-state index is 12.9. The van der Waals surface area contributed by atoms with E-state index >= 15 is 0 Å². The molecule has 3 rings (SSSR count). The Labute approximate surface area is 171 Å². The van der Waals surface area contributed by atoms with E-state index in [0.717, 1.165) is 11.1 Å². The lowest BCUT2D eigenvalue weighted by Gasteiger charge is -2.18. The zero-order valence-corrected chi connectivity index (χ0v) is 16.8. The maximum atomic E-state index is 12.9. The Kier molecular flexibility index (Phi) is 7.38. The molecule has 0 amide bonds. The molecule has 0 saturated carbocycles. The third-order valence-corrected chi connectivity index (χ3v) is 5.94. The molecule has 0 spiro atoms. The average Bonchev–Trinajstić information content (AvgIpc) is 2.74. The Balaban J connectivity index is 1.53. The fourth-order valence-corrected chi connectivity index (χ4v) is 4.00. The van der Waals surface area contributed by atoms with Crippen LogP contribution in [0.4, 0.5) is 4.39 Å². The molecule has 3 aromatic rings. The van der Waals surface area contributed by atoms with Crippen molar-refractivity contribution < 1.29 is 17.5 Å². The second-order valence-corrected chi connectivity index (χ2v) is 8.60. The highest BCUT2D eigenvalue weighted by molar-refractivity contribution is 7.89. The highest BCUT2D eigenvalue weighted by Crippen LogP contribution is 2.27. The number of hydrogen-bond donors (Lipinski definition) is 1. The molecule has 0 aliphatic heterocycles. The predicted octanol–water partition coefficient (Wildman–Crippen LogP) is 4.35. The first kappa shape index (κ1) is 21.0. The minimum absolute atomic E-state index is 0.00175. The van der Waals surface area contributed by atoms with Crippen molar-refractivity contribution in [3.8, 4) is 5.75 Å². The van der Waals surface area contributed by atoms with Gasteiger partial charge in [0.2, 0.25) is 10.0 Å². The highest BCUT2D eigenvalue weighted by atomic mass is 32.2. The Morgan fingerprint density at radius 2 is 1.38 bits per heavy atom. The lowest BCUT2D eigenvalue weighted by molar-refractivity contribution is 0.339. The second kappa shape index (κ2) is 10.2. The van der Waals surface area contributed by atoms with Gasteiger partial charge in [-0.05, 0) is 41.8 Å². The fraction of sp³-hybridized carbons (Fsp3) is 0.217. The van der Waals surface area contributed by atoms with Crippen molar-refractivity contribution >= 4 is 10.0 Å². The van der Waals surface area contributed by atoms with Crippen molar-refractivity contribution in [3.63, 3.8) is 0 Å². The molecule has 29 heavy (non-hydrogen) atoms. The molecule has 0 atom stereocenters. The van der Waals surface area contributed by atoms with Gasteiger partial charge >= 0.3 is 0 Å². The molecular formula is C23H24FNO3S. The second-order valence-electron chi connectivity index (χ2n) is 6.68. The molecule has 3 aromatic carbocycles. The summed E-state index contributed by atoms with van der Waals surface area (Å²) in [4.78, 5) is 0. The first-order valence-corrected chi connectivity index (χ1v) is 11.1. The van der Waals surface area contributed by atoms with E-state index in [-0.39, 0.29) is 24.1 Å². The van der Waals surface area contributed by atoms with Crippen molar-refractivity contribution in [2.24, 2.45) is 0 Å². The van der Waals surface area contributed by atoms with Gasteiger partial charge < -0.3 is 4.74 Å². The summed E-state index contributed by atoms with van der Waals surface area (Å²) in [5.41, 5.74) is 2.30. The first-order chi connectivity index (χ1) is 14.0. The van der Waals surface area contributed by atoms with Crippen LogP contribution < -0.4 is 9.46 Å². The summed E-state index contributed by atoms with van der Waals surface area (Å²) in [6.45, 7) is 0.328. The summed E-state index contributed by atoms with van der Waals surface area (Å²) < 4.78 is 45.5. The third-order valence-electron chi connectivity index (χ3n) is 4.59. The number of ether oxygens (including phenoxy) is 1. The molecular weight excluding hydrogens is 389 g/mol. The van der Waals surface area contributed by atoms with E-state index < -0.39 is 10.0 Å². The molecule has 4 nitrogen and oxygen atoms in total. The van der Waals surface area contributed by atoms with Gasteiger partial charge in [0, 0.05) is 12.5 Å². The summed E-state index contributed by atoms with van der Waals surface area (Å²) in [7, 11) is -3.47. The topological polar surface area (TPSA) is 55.4 Å². The normalized spacial score (nSPS) is 11.5. The van der Waals surface area contributed by atoms with E-state index in [1.165, 1.54) is 24.3 Å². The Hall–Kier alpha value is -2.70. The van der Waals surface area contributed by atoms with Gasteiger partial charge in [-0.2, -0.15) is 0 Å². The molecule has 0 aliphatic rings. The van der Waals surface area contributed by atoms with Gasteiger partial charge in [-0.3, -0.25) is 0 Å². The molecule has 0 heterocycles. The van der Waals surface area contributed by atoms with Gasteiger partial charge in [0.1, 0.15) is 18.2 Å². The van der Waals surface area contributed by atoms with Gasteiger partial charge in [0.25, 0.3) is 0 Å². The molecule has 152 valence electrons. The minimum Gasteiger partial charge on any atom is -0.492 e. The largest absolute Gasteiger partial charge is 0.492 e. The van der Waals surface area contributed by atoms with E-state index in [1.54, 1.807) is 0 Å². The van der Waals surface area contributed by atoms with Gasteiger partial charge in [0.05, 0.1) is 5.75 Å². The van der Waals surface area contributed by atoms with Gasteiger partial charge in [0.15, 0.2) is 0 Å². The molecule has 0 aliphatic carbocycles. The SMILES string of the molecule is O=S(=O)(CCOc1ccc(F)cc1)NCCC(c1ccccc1)c1ccccc1. The Morgan fingerprint density at radius 1 is 0.828 bits per heavy atom. The molecule has 0 fully saturated rings. The average molecular weight is 414 g/mol. The van der Waals surface area contributed by atoms with Crippen molar-refractivity contribution in [1.82, 2.24) is 4.72 Å². The van der Waals surface area contributed by atoms with Gasteiger partial charge in [-0.15, -0.1) is 0 Å². The fourth-order valence-electron chi connectivity index (χ4n) is 3.13. The smallest absolute Gasteiger partial charge is 0.214 e. The standard InChI is InChI=1S/C23H24FNO3S/c24-21-11-13-22(14-12-21)28-17-18-29(26,27)25-16-15-23(19-7-3-1-4-8-19)20-9-5-2-6-10-20/h1-14,23,25H,15-18H2. The van der Waals surface area contributed by atoms with E-state index in [1.807, 2.05) is 36.4 Å². The van der Waals surface area contributed by atoms with Crippen LogP contribution in [0.25, 0.3) is 0 Å². The molecule has 0 unspecified atom stereocenters. The quantitative estimate of drug-likeness (QED) is 0.538. The zero-order valence-electron chi connectivity index (χ0n) is 16.0. The van der Waals surface area contributed by atoms with E-state index in [4.69, 9.17) is 4.74 Å². The van der Waals surface area contributed by atoms with Crippen LogP contribution in [-0.2, 0) is 10.0 Å². The highest BCUT2D eigenvalue weighted by Gasteiger charge is 2.16. The molecule has 0 radical (unpaired) electrons. The van der Waals surface area contributed by atoms with Crippen molar-refractivity contribution in [2.75, 3.05) is 18.9 Å².